The molecule has 0 saturated heterocycles. The molecule has 0 aliphatic heterocycles. The van der Waals surface area contributed by atoms with E-state index in [1.54, 1.807) is 13.8 Å². The van der Waals surface area contributed by atoms with Gasteiger partial charge in [0.15, 0.2) is 5.41 Å². The van der Waals surface area contributed by atoms with E-state index < -0.39 is 17.4 Å². The van der Waals surface area contributed by atoms with Gasteiger partial charge in [-0.15, -0.1) is 0 Å². The summed E-state index contributed by atoms with van der Waals surface area (Å²) in [6, 6.07) is 0. The summed E-state index contributed by atoms with van der Waals surface area (Å²) in [4.78, 5) is 24.5. The van der Waals surface area contributed by atoms with Crippen LogP contribution in [0.1, 0.15) is 59.3 Å². The van der Waals surface area contributed by atoms with Crippen LogP contribution < -0.4 is 0 Å². The highest BCUT2D eigenvalue weighted by molar-refractivity contribution is 5.99. The first kappa shape index (κ1) is 19.9. The first-order valence-corrected chi connectivity index (χ1v) is 7.92. The van der Waals surface area contributed by atoms with E-state index in [9.17, 15) is 9.59 Å². The lowest BCUT2D eigenvalue weighted by molar-refractivity contribution is -0.174. The molecule has 0 aromatic carbocycles. The second-order valence-electron chi connectivity index (χ2n) is 5.11. The number of rotatable bonds is 12. The Hall–Kier alpha value is -1.10. The second kappa shape index (κ2) is 11.5. The van der Waals surface area contributed by atoms with Crippen LogP contribution in [0, 0.1) is 5.41 Å². The monoisotopic (exact) mass is 302 g/mol. The number of hydrogen-bond acceptors (Lipinski definition) is 5. The smallest absolute Gasteiger partial charge is 0.323 e. The molecule has 0 rings (SSSR count). The molecular formula is C16H30O5. The van der Waals surface area contributed by atoms with Gasteiger partial charge in [0.1, 0.15) is 6.61 Å². The molecule has 0 radical (unpaired) electrons. The predicted octanol–water partition coefficient (Wildman–Crippen LogP) is 3.11. The zero-order valence-corrected chi connectivity index (χ0v) is 13.9. The summed E-state index contributed by atoms with van der Waals surface area (Å²) in [5.41, 5.74) is -1.18. The van der Waals surface area contributed by atoms with Gasteiger partial charge in [0.25, 0.3) is 0 Å². The molecule has 0 aromatic heterocycles. The van der Waals surface area contributed by atoms with Crippen molar-refractivity contribution in [3.63, 3.8) is 0 Å². The number of ether oxygens (including phenoxy) is 3. The maximum absolute atomic E-state index is 12.3. The lowest BCUT2D eigenvalue weighted by Crippen LogP contribution is -2.41. The number of unbranched alkanes of at least 4 members (excludes halogenated alkanes) is 3. The molecule has 0 N–H and O–H groups in total. The molecular weight excluding hydrogens is 272 g/mol. The van der Waals surface area contributed by atoms with Gasteiger partial charge in [-0.05, 0) is 19.3 Å². The van der Waals surface area contributed by atoms with Crippen molar-refractivity contribution in [2.45, 2.75) is 59.3 Å². The maximum Gasteiger partial charge on any atom is 0.323 e. The third-order valence-corrected chi connectivity index (χ3v) is 3.74. The molecule has 0 amide bonds. The third-order valence-electron chi connectivity index (χ3n) is 3.74. The van der Waals surface area contributed by atoms with Crippen LogP contribution in [-0.2, 0) is 23.8 Å². The Bertz CT molecular complexity index is 297. The Balaban J connectivity index is 4.47. The molecule has 0 aliphatic rings. The van der Waals surface area contributed by atoms with Gasteiger partial charge in [0, 0.05) is 7.11 Å². The fourth-order valence-electron chi connectivity index (χ4n) is 2.10. The van der Waals surface area contributed by atoms with Crippen molar-refractivity contribution in [2.24, 2.45) is 5.41 Å². The fourth-order valence-corrected chi connectivity index (χ4v) is 2.10. The molecule has 124 valence electrons. The molecule has 21 heavy (non-hydrogen) atoms. The van der Waals surface area contributed by atoms with Crippen LogP contribution in [0.5, 0.6) is 0 Å². The normalized spacial score (nSPS) is 11.2. The molecule has 0 heterocycles. The van der Waals surface area contributed by atoms with Crippen molar-refractivity contribution in [3.8, 4) is 0 Å². The van der Waals surface area contributed by atoms with E-state index in [1.165, 1.54) is 7.11 Å². The van der Waals surface area contributed by atoms with Gasteiger partial charge in [-0.25, -0.2) is 0 Å². The summed E-state index contributed by atoms with van der Waals surface area (Å²) in [5, 5.41) is 0. The number of methoxy groups -OCH3 is 1. The second-order valence-corrected chi connectivity index (χ2v) is 5.11. The molecule has 5 heteroatoms. The van der Waals surface area contributed by atoms with E-state index in [0.717, 1.165) is 25.7 Å². The summed E-state index contributed by atoms with van der Waals surface area (Å²) >= 11 is 0. The molecule has 0 atom stereocenters. The Kier molecular flexibility index (Phi) is 10.9. The zero-order chi connectivity index (χ0) is 16.1. The van der Waals surface area contributed by atoms with Gasteiger partial charge in [-0.2, -0.15) is 0 Å². The average Bonchev–Trinajstić information content (AvgIpc) is 2.49. The van der Waals surface area contributed by atoms with Gasteiger partial charge in [-0.3, -0.25) is 9.59 Å². The van der Waals surface area contributed by atoms with Crippen LogP contribution in [0.4, 0.5) is 0 Å². The maximum atomic E-state index is 12.3. The van der Waals surface area contributed by atoms with Crippen LogP contribution >= 0.6 is 0 Å². The van der Waals surface area contributed by atoms with Crippen molar-refractivity contribution in [1.82, 2.24) is 0 Å². The van der Waals surface area contributed by atoms with Gasteiger partial charge >= 0.3 is 11.9 Å². The first-order chi connectivity index (χ1) is 10.1. The summed E-state index contributed by atoms with van der Waals surface area (Å²) < 4.78 is 15.3. The summed E-state index contributed by atoms with van der Waals surface area (Å²) in [7, 11) is 1.53. The highest BCUT2D eigenvalue weighted by atomic mass is 16.6. The number of hydrogen-bond donors (Lipinski definition) is 0. The predicted molar refractivity (Wildman–Crippen MR) is 81.0 cm³/mol. The van der Waals surface area contributed by atoms with Gasteiger partial charge in [0.2, 0.25) is 0 Å². The van der Waals surface area contributed by atoms with Crippen LogP contribution in [0.25, 0.3) is 0 Å². The lowest BCUT2D eigenvalue weighted by atomic mass is 9.82. The zero-order valence-electron chi connectivity index (χ0n) is 13.9. The van der Waals surface area contributed by atoms with Gasteiger partial charge in [-0.1, -0.05) is 40.0 Å². The molecule has 0 bridgehead atoms. The largest absolute Gasteiger partial charge is 0.465 e. The van der Waals surface area contributed by atoms with Crippen LogP contribution in [0.15, 0.2) is 0 Å². The number of esters is 2. The Morgan fingerprint density at radius 3 is 1.86 bits per heavy atom. The van der Waals surface area contributed by atoms with Crippen molar-refractivity contribution < 1.29 is 23.8 Å². The quantitative estimate of drug-likeness (QED) is 0.315. The van der Waals surface area contributed by atoms with Crippen molar-refractivity contribution in [3.05, 3.63) is 0 Å². The standard InChI is InChI=1S/C16H30O5/c1-5-8-9-10-11-20-14(17)16(6-2,7-3)15(18)21-13-12-19-4/h5-13H2,1-4H3. The summed E-state index contributed by atoms with van der Waals surface area (Å²) in [5.74, 6) is -0.977. The van der Waals surface area contributed by atoms with E-state index in [0.29, 0.717) is 26.1 Å². The van der Waals surface area contributed by atoms with Crippen molar-refractivity contribution in [1.29, 1.82) is 0 Å². The van der Waals surface area contributed by atoms with Crippen molar-refractivity contribution in [2.75, 3.05) is 26.9 Å². The lowest BCUT2D eigenvalue weighted by Gasteiger charge is -2.26. The SMILES string of the molecule is CCCCCCOC(=O)C(CC)(CC)C(=O)OCCOC. The van der Waals surface area contributed by atoms with Gasteiger partial charge in [0.05, 0.1) is 13.2 Å². The molecule has 0 unspecified atom stereocenters. The Labute approximate surface area is 128 Å². The Morgan fingerprint density at radius 2 is 1.38 bits per heavy atom. The molecule has 5 nitrogen and oxygen atoms in total. The minimum absolute atomic E-state index is 0.154. The minimum atomic E-state index is -1.18. The fraction of sp³-hybridized carbons (Fsp3) is 0.875. The van der Waals surface area contributed by atoms with E-state index in [4.69, 9.17) is 14.2 Å². The highest BCUT2D eigenvalue weighted by Gasteiger charge is 2.45. The van der Waals surface area contributed by atoms with Crippen LogP contribution in [0.3, 0.4) is 0 Å². The third kappa shape index (κ3) is 6.46. The molecule has 0 aliphatic carbocycles. The topological polar surface area (TPSA) is 61.8 Å². The minimum Gasteiger partial charge on any atom is -0.465 e. The molecule has 0 saturated carbocycles. The van der Waals surface area contributed by atoms with E-state index in [1.807, 2.05) is 0 Å². The summed E-state index contributed by atoms with van der Waals surface area (Å²) in [6.45, 7) is 6.58. The Morgan fingerprint density at radius 1 is 0.810 bits per heavy atom. The number of carbonyl (C=O) groups is 2. The van der Waals surface area contributed by atoms with Crippen LogP contribution in [-0.4, -0.2) is 38.9 Å². The van der Waals surface area contributed by atoms with Gasteiger partial charge < -0.3 is 14.2 Å². The highest BCUT2D eigenvalue weighted by Crippen LogP contribution is 2.30. The van der Waals surface area contributed by atoms with E-state index >= 15 is 0 Å². The first-order valence-electron chi connectivity index (χ1n) is 7.92. The van der Waals surface area contributed by atoms with E-state index in [2.05, 4.69) is 6.92 Å². The van der Waals surface area contributed by atoms with Crippen molar-refractivity contribution >= 4 is 11.9 Å². The molecule has 0 aromatic rings. The average molecular weight is 302 g/mol. The molecule has 0 spiro atoms. The van der Waals surface area contributed by atoms with Crippen LogP contribution in [0.2, 0.25) is 0 Å². The molecule has 0 fully saturated rings. The van der Waals surface area contributed by atoms with E-state index in [-0.39, 0.29) is 6.61 Å². The summed E-state index contributed by atoms with van der Waals surface area (Å²) in [6.07, 6.45) is 4.89. The number of carbonyl (C=O) groups excluding carboxylic acids is 2.